The average molecular weight is 295 g/mol. The summed E-state index contributed by atoms with van der Waals surface area (Å²) >= 11 is 0. The molecule has 0 bridgehead atoms. The van der Waals surface area contributed by atoms with Gasteiger partial charge in [0, 0.05) is 44.3 Å². The van der Waals surface area contributed by atoms with E-state index in [0.29, 0.717) is 5.56 Å². The quantitative estimate of drug-likeness (QED) is 0.873. The van der Waals surface area contributed by atoms with Crippen LogP contribution in [0.1, 0.15) is 22.8 Å². The Morgan fingerprint density at radius 2 is 1.86 bits per heavy atom. The molecule has 1 fully saturated rings. The van der Waals surface area contributed by atoms with Gasteiger partial charge in [-0.25, -0.2) is 0 Å². The highest BCUT2D eigenvalue weighted by Gasteiger charge is 2.23. The zero-order valence-electron chi connectivity index (χ0n) is 12.9. The largest absolute Gasteiger partial charge is 0.368 e. The molecule has 1 saturated heterocycles. The molecule has 114 valence electrons. The van der Waals surface area contributed by atoms with Crippen molar-refractivity contribution in [2.24, 2.45) is 0 Å². The number of carbonyl (C=O) groups excluding carboxylic acids is 1. The van der Waals surface area contributed by atoms with Crippen LogP contribution >= 0.6 is 0 Å². The highest BCUT2D eigenvalue weighted by molar-refractivity contribution is 5.94. The van der Waals surface area contributed by atoms with Crippen LogP contribution in [0.25, 0.3) is 0 Å². The van der Waals surface area contributed by atoms with E-state index < -0.39 is 0 Å². The van der Waals surface area contributed by atoms with E-state index in [4.69, 9.17) is 0 Å². The Kier molecular flexibility index (Phi) is 4.37. The average Bonchev–Trinajstić information content (AvgIpc) is 2.62. The second kappa shape index (κ2) is 6.60. The molecule has 1 aliphatic heterocycles. The fourth-order valence-corrected chi connectivity index (χ4v) is 2.94. The van der Waals surface area contributed by atoms with E-state index in [1.807, 2.05) is 11.0 Å². The van der Waals surface area contributed by atoms with Gasteiger partial charge >= 0.3 is 0 Å². The van der Waals surface area contributed by atoms with Crippen molar-refractivity contribution < 1.29 is 4.79 Å². The summed E-state index contributed by atoms with van der Waals surface area (Å²) in [6, 6.07) is 12.2. The highest BCUT2D eigenvalue weighted by Crippen LogP contribution is 2.22. The van der Waals surface area contributed by atoms with E-state index in [0.717, 1.165) is 32.6 Å². The molecule has 1 aromatic carbocycles. The summed E-state index contributed by atoms with van der Waals surface area (Å²) in [6.07, 6.45) is 4.36. The molecule has 0 spiro atoms. The molecule has 0 N–H and O–H groups in total. The standard InChI is InChI=1S/C18H21N3O/c1-2-15-6-3-4-8-17(15)20-10-12-21(13-11-20)18(22)16-7-5-9-19-14-16/h3-9,14H,2,10-13H2,1H3. The van der Waals surface area contributed by atoms with Crippen molar-refractivity contribution >= 4 is 11.6 Å². The molecular weight excluding hydrogens is 274 g/mol. The van der Waals surface area contributed by atoms with E-state index in [2.05, 4.69) is 41.1 Å². The fourth-order valence-electron chi connectivity index (χ4n) is 2.94. The van der Waals surface area contributed by atoms with Crippen molar-refractivity contribution in [3.05, 3.63) is 59.9 Å². The number of anilines is 1. The number of amides is 1. The third kappa shape index (κ3) is 2.96. The minimum Gasteiger partial charge on any atom is -0.368 e. The van der Waals surface area contributed by atoms with Gasteiger partial charge in [0.25, 0.3) is 5.91 Å². The number of aryl methyl sites for hydroxylation is 1. The van der Waals surface area contributed by atoms with Gasteiger partial charge in [-0.15, -0.1) is 0 Å². The van der Waals surface area contributed by atoms with Crippen LogP contribution < -0.4 is 4.90 Å². The van der Waals surface area contributed by atoms with Gasteiger partial charge < -0.3 is 9.80 Å². The number of benzene rings is 1. The Bertz CT molecular complexity index is 634. The predicted molar refractivity (Wildman–Crippen MR) is 88.2 cm³/mol. The first-order valence-electron chi connectivity index (χ1n) is 7.81. The molecule has 0 saturated carbocycles. The Morgan fingerprint density at radius 3 is 2.55 bits per heavy atom. The van der Waals surface area contributed by atoms with E-state index in [1.54, 1.807) is 18.5 Å². The van der Waals surface area contributed by atoms with Crippen molar-refractivity contribution in [3.8, 4) is 0 Å². The number of aromatic nitrogens is 1. The molecule has 0 unspecified atom stereocenters. The molecule has 4 nitrogen and oxygen atoms in total. The van der Waals surface area contributed by atoms with Crippen molar-refractivity contribution in [1.29, 1.82) is 0 Å². The summed E-state index contributed by atoms with van der Waals surface area (Å²) in [5.41, 5.74) is 3.35. The third-order valence-corrected chi connectivity index (χ3v) is 4.19. The van der Waals surface area contributed by atoms with Crippen LogP contribution in [0, 0.1) is 0 Å². The number of hydrogen-bond donors (Lipinski definition) is 0. The first-order valence-corrected chi connectivity index (χ1v) is 7.81. The van der Waals surface area contributed by atoms with Crippen LogP contribution in [-0.2, 0) is 6.42 Å². The van der Waals surface area contributed by atoms with Crippen LogP contribution in [0.15, 0.2) is 48.8 Å². The molecule has 0 atom stereocenters. The topological polar surface area (TPSA) is 36.4 Å². The van der Waals surface area contributed by atoms with Gasteiger partial charge in [0.15, 0.2) is 0 Å². The number of para-hydroxylation sites is 1. The van der Waals surface area contributed by atoms with Gasteiger partial charge in [-0.3, -0.25) is 9.78 Å². The zero-order valence-corrected chi connectivity index (χ0v) is 12.9. The molecular formula is C18H21N3O. The van der Waals surface area contributed by atoms with E-state index in [1.165, 1.54) is 11.3 Å². The molecule has 1 amide bonds. The lowest BCUT2D eigenvalue weighted by molar-refractivity contribution is 0.0746. The summed E-state index contributed by atoms with van der Waals surface area (Å²) in [7, 11) is 0. The minimum atomic E-state index is 0.0801. The summed E-state index contributed by atoms with van der Waals surface area (Å²) in [4.78, 5) is 20.8. The number of piperazine rings is 1. The monoisotopic (exact) mass is 295 g/mol. The molecule has 0 radical (unpaired) electrons. The van der Waals surface area contributed by atoms with Gasteiger partial charge in [0.2, 0.25) is 0 Å². The maximum absolute atomic E-state index is 12.4. The SMILES string of the molecule is CCc1ccccc1N1CCN(C(=O)c2cccnc2)CC1. The lowest BCUT2D eigenvalue weighted by atomic mass is 10.1. The van der Waals surface area contributed by atoms with E-state index in [-0.39, 0.29) is 5.91 Å². The highest BCUT2D eigenvalue weighted by atomic mass is 16.2. The van der Waals surface area contributed by atoms with Crippen molar-refractivity contribution in [2.75, 3.05) is 31.1 Å². The number of hydrogen-bond acceptors (Lipinski definition) is 3. The molecule has 2 heterocycles. The maximum atomic E-state index is 12.4. The smallest absolute Gasteiger partial charge is 0.255 e. The van der Waals surface area contributed by atoms with Gasteiger partial charge in [0.1, 0.15) is 0 Å². The molecule has 1 aliphatic rings. The Hall–Kier alpha value is -2.36. The number of rotatable bonds is 3. The van der Waals surface area contributed by atoms with Gasteiger partial charge in [-0.1, -0.05) is 25.1 Å². The second-order valence-corrected chi connectivity index (χ2v) is 5.50. The van der Waals surface area contributed by atoms with Crippen LogP contribution in [0.4, 0.5) is 5.69 Å². The summed E-state index contributed by atoms with van der Waals surface area (Å²) < 4.78 is 0. The van der Waals surface area contributed by atoms with Crippen LogP contribution in [-0.4, -0.2) is 42.0 Å². The lowest BCUT2D eigenvalue weighted by Crippen LogP contribution is -2.49. The second-order valence-electron chi connectivity index (χ2n) is 5.50. The molecule has 22 heavy (non-hydrogen) atoms. The van der Waals surface area contributed by atoms with Crippen molar-refractivity contribution in [1.82, 2.24) is 9.88 Å². The van der Waals surface area contributed by atoms with Gasteiger partial charge in [-0.05, 0) is 30.2 Å². The normalized spacial score (nSPS) is 15.0. The number of pyridine rings is 1. The fraction of sp³-hybridized carbons (Fsp3) is 0.333. The van der Waals surface area contributed by atoms with E-state index in [9.17, 15) is 4.79 Å². The first-order chi connectivity index (χ1) is 10.8. The first kappa shape index (κ1) is 14.6. The molecule has 2 aromatic rings. The Labute approximate surface area is 131 Å². The predicted octanol–water partition coefficient (Wildman–Crippen LogP) is 2.61. The summed E-state index contributed by atoms with van der Waals surface area (Å²) in [5, 5.41) is 0. The molecule has 4 heteroatoms. The van der Waals surface area contributed by atoms with Gasteiger partial charge in [-0.2, -0.15) is 0 Å². The molecule has 0 aliphatic carbocycles. The number of nitrogens with zero attached hydrogens (tertiary/aromatic N) is 3. The van der Waals surface area contributed by atoms with Crippen LogP contribution in [0.2, 0.25) is 0 Å². The maximum Gasteiger partial charge on any atom is 0.255 e. The lowest BCUT2D eigenvalue weighted by Gasteiger charge is -2.37. The summed E-state index contributed by atoms with van der Waals surface area (Å²) in [5.74, 6) is 0.0801. The Balaban J connectivity index is 1.67. The van der Waals surface area contributed by atoms with Crippen molar-refractivity contribution in [2.45, 2.75) is 13.3 Å². The summed E-state index contributed by atoms with van der Waals surface area (Å²) in [6.45, 7) is 5.45. The van der Waals surface area contributed by atoms with E-state index >= 15 is 0 Å². The van der Waals surface area contributed by atoms with Crippen LogP contribution in [0.5, 0.6) is 0 Å². The minimum absolute atomic E-state index is 0.0801. The molecule has 1 aromatic heterocycles. The van der Waals surface area contributed by atoms with Crippen molar-refractivity contribution in [3.63, 3.8) is 0 Å². The third-order valence-electron chi connectivity index (χ3n) is 4.19. The Morgan fingerprint density at radius 1 is 1.09 bits per heavy atom. The zero-order chi connectivity index (χ0) is 15.4. The molecule has 3 rings (SSSR count). The van der Waals surface area contributed by atoms with Crippen LogP contribution in [0.3, 0.4) is 0 Å². The van der Waals surface area contributed by atoms with Gasteiger partial charge in [0.05, 0.1) is 5.56 Å². The number of carbonyl (C=O) groups is 1.